The van der Waals surface area contributed by atoms with Crippen molar-refractivity contribution in [1.82, 2.24) is 0 Å². The number of carboxylic acids is 2. The van der Waals surface area contributed by atoms with Crippen molar-refractivity contribution in [3.05, 3.63) is 23.3 Å². The fourth-order valence-electron chi connectivity index (χ4n) is 1.22. The van der Waals surface area contributed by atoms with Gasteiger partial charge >= 0.3 is 54.8 Å². The number of carbonyl (C=O) groups is 2. The van der Waals surface area contributed by atoms with Gasteiger partial charge in [0.25, 0.3) is 0 Å². The van der Waals surface area contributed by atoms with Crippen molar-refractivity contribution in [2.75, 3.05) is 0 Å². The van der Waals surface area contributed by atoms with Crippen molar-refractivity contribution in [2.24, 2.45) is 5.92 Å². The summed E-state index contributed by atoms with van der Waals surface area (Å²) in [6.45, 7) is 0. The van der Waals surface area contributed by atoms with Crippen molar-refractivity contribution in [3.63, 3.8) is 0 Å². The molecule has 0 saturated carbocycles. The quantitative estimate of drug-likeness (QED) is 0.432. The van der Waals surface area contributed by atoms with Crippen molar-refractivity contribution >= 4 is 60.8 Å². The third kappa shape index (κ3) is 2.94. The number of halogens is 4. The van der Waals surface area contributed by atoms with Gasteiger partial charge in [0.1, 0.15) is 0 Å². The summed E-state index contributed by atoms with van der Waals surface area (Å²) in [6.07, 6.45) is -0.164. The van der Waals surface area contributed by atoms with Crippen molar-refractivity contribution in [1.29, 1.82) is 0 Å². The van der Waals surface area contributed by atoms with E-state index in [2.05, 4.69) is 0 Å². The Balaban J connectivity index is 0.00000256. The van der Waals surface area contributed by atoms with Crippen LogP contribution in [0.4, 0.5) is 17.6 Å². The van der Waals surface area contributed by atoms with Gasteiger partial charge in [-0.3, -0.25) is 0 Å². The van der Waals surface area contributed by atoms with Gasteiger partial charge in [-0.2, -0.15) is 8.78 Å². The van der Waals surface area contributed by atoms with Gasteiger partial charge in [0.2, 0.25) is 5.83 Å². The predicted octanol–water partition coefficient (Wildman–Crippen LogP) is -1.55. The standard InChI is InChI=1S/C8H4F4O4.Ba/c9-3-1-2(6(13)14)4(7(15)16)8(11,12)5(3)10;/h1,4H,(H,13,14)(H,15,16);/q;+2/p-2. The Hall–Kier alpha value is -0.289. The third-order valence-electron chi connectivity index (χ3n) is 1.93. The van der Waals surface area contributed by atoms with Crippen LogP contribution in [0.15, 0.2) is 23.3 Å². The summed E-state index contributed by atoms with van der Waals surface area (Å²) >= 11 is 0. The SMILES string of the molecule is O=C([O-])C1=CC(F)=C(F)C(F)(F)C1C(=O)[O-].[Ba+2]. The second kappa shape index (κ2) is 5.57. The molecule has 1 unspecified atom stereocenters. The van der Waals surface area contributed by atoms with Crippen LogP contribution in [-0.2, 0) is 9.59 Å². The van der Waals surface area contributed by atoms with Crippen LogP contribution in [0.25, 0.3) is 0 Å². The van der Waals surface area contributed by atoms with Gasteiger partial charge in [-0.25, -0.2) is 8.78 Å². The summed E-state index contributed by atoms with van der Waals surface area (Å²) in [6, 6.07) is 0. The van der Waals surface area contributed by atoms with Gasteiger partial charge in [0.05, 0.1) is 17.9 Å². The molecule has 0 spiro atoms. The molecule has 0 heterocycles. The molecule has 1 aliphatic carbocycles. The summed E-state index contributed by atoms with van der Waals surface area (Å²) in [5, 5.41) is 20.6. The maximum Gasteiger partial charge on any atom is 2.00 e. The average Bonchev–Trinajstić information content (AvgIpc) is 2.12. The number of rotatable bonds is 2. The number of carbonyl (C=O) groups excluding carboxylic acids is 2. The van der Waals surface area contributed by atoms with Crippen molar-refractivity contribution < 1.29 is 37.4 Å². The molecule has 0 radical (unpaired) electrons. The van der Waals surface area contributed by atoms with Crippen LogP contribution in [0.1, 0.15) is 0 Å². The van der Waals surface area contributed by atoms with Gasteiger partial charge in [0, 0.05) is 0 Å². The average molecular weight is 375 g/mol. The van der Waals surface area contributed by atoms with Gasteiger partial charge < -0.3 is 19.8 Å². The molecule has 0 N–H and O–H groups in total. The largest absolute Gasteiger partial charge is 2.00 e. The Morgan fingerprint density at radius 2 is 1.71 bits per heavy atom. The molecule has 9 heteroatoms. The minimum atomic E-state index is -4.81. The smallest absolute Gasteiger partial charge is 0.549 e. The first-order valence-electron chi connectivity index (χ1n) is 3.77. The van der Waals surface area contributed by atoms with E-state index >= 15 is 0 Å². The number of carboxylic acid groups (broad SMARTS) is 2. The van der Waals surface area contributed by atoms with E-state index in [1.54, 1.807) is 0 Å². The normalized spacial score (nSPS) is 22.6. The molecule has 0 saturated heterocycles. The van der Waals surface area contributed by atoms with Crippen LogP contribution in [0.5, 0.6) is 0 Å². The maximum atomic E-state index is 12.9. The van der Waals surface area contributed by atoms with Gasteiger partial charge in [-0.05, 0) is 11.6 Å². The molecule has 0 aromatic carbocycles. The summed E-state index contributed by atoms with van der Waals surface area (Å²) in [5.74, 6) is -17.6. The molecule has 1 rings (SSSR count). The van der Waals surface area contributed by atoms with Crippen LogP contribution in [0.3, 0.4) is 0 Å². The van der Waals surface area contributed by atoms with Crippen LogP contribution >= 0.6 is 0 Å². The summed E-state index contributed by atoms with van der Waals surface area (Å²) in [4.78, 5) is 20.6. The fourth-order valence-corrected chi connectivity index (χ4v) is 1.22. The first kappa shape index (κ1) is 16.7. The summed E-state index contributed by atoms with van der Waals surface area (Å²) in [7, 11) is 0. The van der Waals surface area contributed by atoms with E-state index in [-0.39, 0.29) is 55.0 Å². The van der Waals surface area contributed by atoms with Crippen molar-refractivity contribution in [3.8, 4) is 0 Å². The Morgan fingerprint density at radius 3 is 2.06 bits per heavy atom. The zero-order valence-electron chi connectivity index (χ0n) is 8.01. The van der Waals surface area contributed by atoms with E-state index in [0.29, 0.717) is 0 Å². The Bertz CT molecular complexity index is 429. The molecule has 4 nitrogen and oxygen atoms in total. The molecule has 1 aliphatic rings. The fraction of sp³-hybridized carbons (Fsp3) is 0.250. The topological polar surface area (TPSA) is 80.3 Å². The first-order valence-corrected chi connectivity index (χ1v) is 3.77. The van der Waals surface area contributed by atoms with E-state index in [9.17, 15) is 37.4 Å². The first-order chi connectivity index (χ1) is 7.19. The van der Waals surface area contributed by atoms with E-state index in [4.69, 9.17) is 0 Å². The zero-order chi connectivity index (χ0) is 12.7. The third-order valence-corrected chi connectivity index (χ3v) is 1.93. The maximum absolute atomic E-state index is 12.9. The zero-order valence-corrected chi connectivity index (χ0v) is 12.4. The van der Waals surface area contributed by atoms with E-state index in [1.165, 1.54) is 0 Å². The monoisotopic (exact) mass is 376 g/mol. The van der Waals surface area contributed by atoms with Crippen LogP contribution in [0.2, 0.25) is 0 Å². The molecule has 0 amide bonds. The number of aliphatic carboxylic acids is 2. The summed E-state index contributed by atoms with van der Waals surface area (Å²) < 4.78 is 51.1. The molecule has 88 valence electrons. The molecule has 17 heavy (non-hydrogen) atoms. The van der Waals surface area contributed by atoms with Gasteiger partial charge in [-0.15, -0.1) is 0 Å². The number of alkyl halides is 2. The molecule has 0 aromatic heterocycles. The van der Waals surface area contributed by atoms with Crippen LogP contribution in [0, 0.1) is 5.92 Å². The Kier molecular flexibility index (Phi) is 5.47. The number of hydrogen-bond acceptors (Lipinski definition) is 4. The second-order valence-corrected chi connectivity index (χ2v) is 2.92. The van der Waals surface area contributed by atoms with Gasteiger partial charge in [0.15, 0.2) is 5.83 Å². The molecule has 0 aliphatic heterocycles. The Labute approximate surface area is 132 Å². The molecule has 0 bridgehead atoms. The van der Waals surface area contributed by atoms with Crippen LogP contribution in [-0.4, -0.2) is 66.7 Å². The predicted molar refractivity (Wildman–Crippen MR) is 41.5 cm³/mol. The molecular formula is C8H2BaF4O4. The van der Waals surface area contributed by atoms with Crippen LogP contribution < -0.4 is 10.2 Å². The molecule has 0 fully saturated rings. The van der Waals surface area contributed by atoms with E-state index in [1.807, 2.05) is 0 Å². The summed E-state index contributed by atoms with van der Waals surface area (Å²) in [5.41, 5.74) is -1.58. The van der Waals surface area contributed by atoms with E-state index in [0.717, 1.165) is 0 Å². The van der Waals surface area contributed by atoms with Gasteiger partial charge in [-0.1, -0.05) is 0 Å². The second-order valence-electron chi connectivity index (χ2n) is 2.92. The minimum Gasteiger partial charge on any atom is -0.549 e. The number of hydrogen-bond donors (Lipinski definition) is 0. The minimum absolute atomic E-state index is 0. The van der Waals surface area contributed by atoms with E-state index < -0.39 is 41.0 Å². The molecule has 1 atom stereocenters. The van der Waals surface area contributed by atoms with Crippen molar-refractivity contribution in [2.45, 2.75) is 5.92 Å². The molecular weight excluding hydrogens is 373 g/mol. The Morgan fingerprint density at radius 1 is 1.24 bits per heavy atom. The molecule has 0 aromatic rings. The number of allylic oxidation sites excluding steroid dienone is 3.